The van der Waals surface area contributed by atoms with Crippen LogP contribution < -0.4 is 10.4 Å². The van der Waals surface area contributed by atoms with Crippen LogP contribution >= 0.6 is 0 Å². The van der Waals surface area contributed by atoms with Gasteiger partial charge in [-0.15, -0.1) is 0 Å². The second-order valence-electron chi connectivity index (χ2n) is 8.80. The largest absolute Gasteiger partial charge is 0.491 e. The Morgan fingerprint density at radius 3 is 2.31 bits per heavy atom. The number of hydrogen-bond donors (Lipinski definition) is 0. The van der Waals surface area contributed by atoms with Crippen LogP contribution in [-0.4, -0.2) is 61.5 Å². The molecule has 13 heteroatoms. The summed E-state index contributed by atoms with van der Waals surface area (Å²) in [5.41, 5.74) is -0.795. The molecule has 2 atom stereocenters. The zero-order valence-electron chi connectivity index (χ0n) is 19.6. The van der Waals surface area contributed by atoms with Gasteiger partial charge in [-0.05, 0) is 25.5 Å². The van der Waals surface area contributed by atoms with Crippen LogP contribution in [0, 0.1) is 23.3 Å². The van der Waals surface area contributed by atoms with E-state index in [1.54, 1.807) is 6.07 Å². The molecule has 0 saturated carbocycles. The van der Waals surface area contributed by atoms with Crippen LogP contribution in [0.25, 0.3) is 16.7 Å². The zero-order chi connectivity index (χ0) is 25.7. The first-order valence-electron chi connectivity index (χ1n) is 11.2. The Morgan fingerprint density at radius 1 is 1.00 bits per heavy atom. The summed E-state index contributed by atoms with van der Waals surface area (Å²) in [5.74, 6) is -7.93. The summed E-state index contributed by atoms with van der Waals surface area (Å²) in [6.45, 7) is 5.11. The predicted octanol–water partition coefficient (Wildman–Crippen LogP) is 2.66. The number of hydrogen-bond acceptors (Lipinski definition) is 7. The van der Waals surface area contributed by atoms with Crippen LogP contribution in [0.2, 0.25) is 0 Å². The third kappa shape index (κ3) is 3.97. The molecule has 36 heavy (non-hydrogen) atoms. The van der Waals surface area contributed by atoms with Gasteiger partial charge >= 0.3 is 5.69 Å². The van der Waals surface area contributed by atoms with Gasteiger partial charge in [-0.2, -0.15) is 18.4 Å². The number of aromatic nitrogens is 5. The van der Waals surface area contributed by atoms with E-state index in [2.05, 4.69) is 24.7 Å². The normalized spacial score (nSPS) is 18.9. The predicted molar refractivity (Wildman–Crippen MR) is 120 cm³/mol. The molecule has 0 aliphatic carbocycles. The van der Waals surface area contributed by atoms with Gasteiger partial charge in [0.1, 0.15) is 12.0 Å². The second-order valence-corrected chi connectivity index (χ2v) is 8.80. The highest BCUT2D eigenvalue weighted by Gasteiger charge is 2.28. The maximum Gasteiger partial charge on any atom is 0.352 e. The van der Waals surface area contributed by atoms with E-state index in [-0.39, 0.29) is 23.5 Å². The van der Waals surface area contributed by atoms with E-state index < -0.39 is 46.8 Å². The van der Waals surface area contributed by atoms with Gasteiger partial charge in [0.05, 0.1) is 31.2 Å². The highest BCUT2D eigenvalue weighted by atomic mass is 19.2. The first-order chi connectivity index (χ1) is 17.2. The average molecular weight is 506 g/mol. The first kappa shape index (κ1) is 24.1. The minimum Gasteiger partial charge on any atom is -0.491 e. The molecule has 1 fully saturated rings. The van der Waals surface area contributed by atoms with Crippen molar-refractivity contribution in [3.8, 4) is 5.75 Å². The standard InChI is InChI=1S/C23H22F4N6O3/c1-11-6-31(7-12(2)36-11)8-13-4-14-21(28-5-13)32(23(34)33-22(14)29-10-30-33)9-15-16(24)18(26)20(35-3)19(27)17(15)25/h4-5,10-12H,6-9H2,1-3H3. The highest BCUT2D eigenvalue weighted by molar-refractivity contribution is 5.89. The van der Waals surface area contributed by atoms with E-state index in [1.807, 2.05) is 13.8 Å². The maximum absolute atomic E-state index is 14.7. The Balaban J connectivity index is 1.62. The van der Waals surface area contributed by atoms with Crippen LogP contribution in [-0.2, 0) is 17.8 Å². The second kappa shape index (κ2) is 9.13. The van der Waals surface area contributed by atoms with E-state index in [0.29, 0.717) is 11.9 Å². The smallest absolute Gasteiger partial charge is 0.352 e. The van der Waals surface area contributed by atoms with Gasteiger partial charge in [-0.1, -0.05) is 0 Å². The minimum absolute atomic E-state index is 0.0309. The van der Waals surface area contributed by atoms with Crippen molar-refractivity contribution in [3.63, 3.8) is 0 Å². The quantitative estimate of drug-likeness (QED) is 0.304. The fourth-order valence-corrected chi connectivity index (χ4v) is 4.68. The molecule has 1 aliphatic heterocycles. The van der Waals surface area contributed by atoms with E-state index in [0.717, 1.165) is 41.2 Å². The van der Waals surface area contributed by atoms with Gasteiger partial charge in [-0.25, -0.2) is 23.5 Å². The first-order valence-corrected chi connectivity index (χ1v) is 11.2. The lowest BCUT2D eigenvalue weighted by molar-refractivity contribution is -0.0705. The molecule has 0 spiro atoms. The fourth-order valence-electron chi connectivity index (χ4n) is 4.68. The van der Waals surface area contributed by atoms with Crippen LogP contribution in [0.4, 0.5) is 17.6 Å². The summed E-state index contributed by atoms with van der Waals surface area (Å²) < 4.78 is 70.0. The van der Waals surface area contributed by atoms with Crippen molar-refractivity contribution < 1.29 is 27.0 Å². The molecule has 3 aromatic heterocycles. The van der Waals surface area contributed by atoms with Crippen molar-refractivity contribution in [1.29, 1.82) is 0 Å². The van der Waals surface area contributed by atoms with E-state index in [1.165, 1.54) is 6.20 Å². The van der Waals surface area contributed by atoms with Crippen LogP contribution in [0.3, 0.4) is 0 Å². The molecule has 0 N–H and O–H groups in total. The number of rotatable bonds is 5. The molecular weight excluding hydrogens is 484 g/mol. The van der Waals surface area contributed by atoms with Crippen molar-refractivity contribution in [3.05, 3.63) is 63.5 Å². The molecule has 1 aliphatic rings. The minimum atomic E-state index is -1.70. The third-order valence-corrected chi connectivity index (χ3v) is 6.12. The third-order valence-electron chi connectivity index (χ3n) is 6.12. The summed E-state index contributed by atoms with van der Waals surface area (Å²) >= 11 is 0. The highest BCUT2D eigenvalue weighted by Crippen LogP contribution is 2.30. The molecule has 0 amide bonds. The summed E-state index contributed by atoms with van der Waals surface area (Å²) in [5, 5.41) is 4.29. The molecule has 4 heterocycles. The Hall–Kier alpha value is -3.58. The number of nitrogens with zero attached hydrogens (tertiary/aromatic N) is 6. The molecule has 9 nitrogen and oxygen atoms in total. The molecule has 0 bridgehead atoms. The number of halogens is 4. The number of pyridine rings is 1. The molecular formula is C23H22F4N6O3. The lowest BCUT2D eigenvalue weighted by Gasteiger charge is -2.35. The lowest BCUT2D eigenvalue weighted by Crippen LogP contribution is -2.44. The molecule has 2 unspecified atom stereocenters. The number of fused-ring (bicyclic) bond motifs is 3. The van der Waals surface area contributed by atoms with Crippen molar-refractivity contribution >= 4 is 16.7 Å². The molecule has 1 aromatic carbocycles. The van der Waals surface area contributed by atoms with Gasteiger partial charge in [0.2, 0.25) is 11.6 Å². The Labute approximate surface area is 201 Å². The van der Waals surface area contributed by atoms with Gasteiger partial charge in [-0.3, -0.25) is 9.47 Å². The molecule has 0 radical (unpaired) electrons. The van der Waals surface area contributed by atoms with E-state index in [4.69, 9.17) is 4.74 Å². The summed E-state index contributed by atoms with van der Waals surface area (Å²) in [6, 6.07) is 1.76. The van der Waals surface area contributed by atoms with Gasteiger partial charge < -0.3 is 9.47 Å². The Kier molecular flexibility index (Phi) is 6.12. The van der Waals surface area contributed by atoms with Crippen LogP contribution in [0.15, 0.2) is 23.4 Å². The summed E-state index contributed by atoms with van der Waals surface area (Å²) in [7, 11) is 0.885. The SMILES string of the molecule is COc1c(F)c(F)c(Cn2c(=O)n3ncnc3c3cc(CN4CC(C)OC(C)C4)cnc32)c(F)c1F. The summed E-state index contributed by atoms with van der Waals surface area (Å²) in [4.78, 5) is 23.8. The number of ether oxygens (including phenoxy) is 2. The average Bonchev–Trinajstić information content (AvgIpc) is 3.33. The number of benzene rings is 1. The Bertz CT molecular complexity index is 1500. The van der Waals surface area contributed by atoms with Crippen molar-refractivity contribution in [2.75, 3.05) is 20.2 Å². The van der Waals surface area contributed by atoms with Crippen molar-refractivity contribution in [1.82, 2.24) is 29.0 Å². The van der Waals surface area contributed by atoms with Crippen molar-refractivity contribution in [2.45, 2.75) is 39.1 Å². The maximum atomic E-state index is 14.7. The number of methoxy groups -OCH3 is 1. The van der Waals surface area contributed by atoms with E-state index >= 15 is 0 Å². The van der Waals surface area contributed by atoms with Gasteiger partial charge in [0.15, 0.2) is 23.0 Å². The van der Waals surface area contributed by atoms with E-state index in [9.17, 15) is 22.4 Å². The van der Waals surface area contributed by atoms with Crippen LogP contribution in [0.1, 0.15) is 25.0 Å². The van der Waals surface area contributed by atoms with Gasteiger partial charge in [0.25, 0.3) is 0 Å². The van der Waals surface area contributed by atoms with Gasteiger partial charge in [0, 0.05) is 31.4 Å². The topological polar surface area (TPSA) is 86.8 Å². The zero-order valence-corrected chi connectivity index (χ0v) is 19.6. The lowest BCUT2D eigenvalue weighted by atomic mass is 10.1. The molecule has 1 saturated heterocycles. The fraction of sp³-hybridized carbons (Fsp3) is 0.391. The molecule has 5 rings (SSSR count). The molecule has 4 aromatic rings. The number of morpholine rings is 1. The van der Waals surface area contributed by atoms with Crippen molar-refractivity contribution in [2.24, 2.45) is 0 Å². The Morgan fingerprint density at radius 2 is 1.67 bits per heavy atom. The summed E-state index contributed by atoms with van der Waals surface area (Å²) in [6.07, 6.45) is 2.82. The molecule has 190 valence electrons. The van der Waals surface area contributed by atoms with Crippen LogP contribution in [0.5, 0.6) is 5.75 Å². The monoisotopic (exact) mass is 506 g/mol.